The maximum Gasteiger partial charge on any atom is 0.135 e. The molecule has 0 radical (unpaired) electrons. The van der Waals surface area contributed by atoms with Gasteiger partial charge in [0.25, 0.3) is 0 Å². The Morgan fingerprint density at radius 3 is 2.38 bits per heavy atom. The highest BCUT2D eigenvalue weighted by Gasteiger charge is 2.12. The van der Waals surface area contributed by atoms with E-state index in [1.165, 1.54) is 16.8 Å². The van der Waals surface area contributed by atoms with E-state index >= 15 is 0 Å². The van der Waals surface area contributed by atoms with Crippen LogP contribution in [-0.2, 0) is 0 Å². The van der Waals surface area contributed by atoms with Crippen LogP contribution in [-0.4, -0.2) is 17.6 Å². The van der Waals surface area contributed by atoms with Gasteiger partial charge in [0.15, 0.2) is 0 Å². The van der Waals surface area contributed by atoms with Gasteiger partial charge in [-0.15, -0.1) is 0 Å². The molecule has 0 atom stereocenters. The first-order chi connectivity index (χ1) is 9.76. The zero-order chi connectivity index (χ0) is 15.6. The van der Waals surface area contributed by atoms with E-state index < -0.39 is 0 Å². The topological polar surface area (TPSA) is 28.2 Å². The van der Waals surface area contributed by atoms with Crippen LogP contribution in [0.5, 0.6) is 0 Å². The van der Waals surface area contributed by atoms with E-state index in [4.69, 9.17) is 4.98 Å². The van der Waals surface area contributed by atoms with Crippen molar-refractivity contribution < 1.29 is 0 Å². The fraction of sp³-hybridized carbons (Fsp3) is 0.389. The predicted octanol–water partition coefficient (Wildman–Crippen LogP) is 4.68. The number of pyridine rings is 1. The Balaban J connectivity index is 2.31. The summed E-state index contributed by atoms with van der Waals surface area (Å²) in [7, 11) is 2.06. The van der Waals surface area contributed by atoms with E-state index in [9.17, 15) is 0 Å². The minimum atomic E-state index is 0.00394. The molecule has 21 heavy (non-hydrogen) atoms. The Morgan fingerprint density at radius 2 is 1.76 bits per heavy atom. The molecule has 1 aromatic carbocycles. The lowest BCUT2D eigenvalue weighted by molar-refractivity contribution is 0.630. The van der Waals surface area contributed by atoms with Crippen LogP contribution in [0.4, 0.5) is 17.3 Å². The molecule has 0 saturated carbocycles. The summed E-state index contributed by atoms with van der Waals surface area (Å²) in [4.78, 5) is 6.84. The van der Waals surface area contributed by atoms with E-state index in [1.807, 2.05) is 18.2 Å². The summed E-state index contributed by atoms with van der Waals surface area (Å²) in [5.41, 5.74) is 3.72. The maximum atomic E-state index is 4.71. The van der Waals surface area contributed by atoms with Crippen molar-refractivity contribution in [2.75, 3.05) is 17.3 Å². The number of nitrogens with one attached hydrogen (secondary N) is 1. The van der Waals surface area contributed by atoms with Crippen molar-refractivity contribution >= 4 is 17.3 Å². The number of benzene rings is 1. The molecule has 2 rings (SSSR count). The quantitative estimate of drug-likeness (QED) is 0.886. The van der Waals surface area contributed by atoms with Crippen LogP contribution in [0.15, 0.2) is 36.4 Å². The third-order valence-electron chi connectivity index (χ3n) is 3.29. The molecular weight excluding hydrogens is 258 g/mol. The number of rotatable bonds is 3. The number of aromatic nitrogens is 1. The molecule has 0 saturated heterocycles. The summed E-state index contributed by atoms with van der Waals surface area (Å²) in [6, 6.07) is 12.6. The number of anilines is 3. The van der Waals surface area contributed by atoms with Crippen LogP contribution in [0.3, 0.4) is 0 Å². The minimum Gasteiger partial charge on any atom is -0.365 e. The lowest BCUT2D eigenvalue weighted by Crippen LogP contribution is -2.27. The van der Waals surface area contributed by atoms with Crippen LogP contribution < -0.4 is 10.2 Å². The molecule has 0 aliphatic carbocycles. The Hall–Kier alpha value is -2.03. The normalized spacial score (nSPS) is 11.3. The third kappa shape index (κ3) is 3.97. The predicted molar refractivity (Wildman–Crippen MR) is 91.6 cm³/mol. The first-order valence-corrected chi connectivity index (χ1v) is 7.32. The summed E-state index contributed by atoms with van der Waals surface area (Å²) in [6.07, 6.45) is 0. The fourth-order valence-electron chi connectivity index (χ4n) is 2.37. The summed E-state index contributed by atoms with van der Waals surface area (Å²) < 4.78 is 0. The molecule has 0 unspecified atom stereocenters. The zero-order valence-electron chi connectivity index (χ0n) is 13.9. The van der Waals surface area contributed by atoms with Gasteiger partial charge >= 0.3 is 0 Å². The molecule has 1 heterocycles. The molecule has 3 heteroatoms. The van der Waals surface area contributed by atoms with Crippen LogP contribution >= 0.6 is 0 Å². The number of aryl methyl sites for hydroxylation is 2. The second-order valence-corrected chi connectivity index (χ2v) is 6.60. The molecule has 0 aliphatic heterocycles. The highest BCUT2D eigenvalue weighted by atomic mass is 15.2. The Bertz CT molecular complexity index is 627. The third-order valence-corrected chi connectivity index (χ3v) is 3.29. The molecular formula is C18H25N3. The van der Waals surface area contributed by atoms with Gasteiger partial charge in [-0.3, -0.25) is 0 Å². The summed E-state index contributed by atoms with van der Waals surface area (Å²) in [6.45, 7) is 10.7. The Kier molecular flexibility index (Phi) is 4.21. The van der Waals surface area contributed by atoms with Gasteiger partial charge in [-0.25, -0.2) is 4.98 Å². The largest absolute Gasteiger partial charge is 0.365 e. The van der Waals surface area contributed by atoms with E-state index in [1.54, 1.807) is 0 Å². The molecule has 2 aromatic rings. The summed E-state index contributed by atoms with van der Waals surface area (Å²) in [5, 5.41) is 3.41. The molecule has 112 valence electrons. The van der Waals surface area contributed by atoms with Crippen LogP contribution in [0.1, 0.15) is 31.9 Å². The smallest absolute Gasteiger partial charge is 0.135 e. The zero-order valence-corrected chi connectivity index (χ0v) is 13.9. The van der Waals surface area contributed by atoms with Gasteiger partial charge in [0, 0.05) is 18.3 Å². The number of nitrogens with zero attached hydrogens (tertiary/aromatic N) is 2. The van der Waals surface area contributed by atoms with E-state index in [2.05, 4.69) is 70.1 Å². The molecule has 0 aliphatic rings. The van der Waals surface area contributed by atoms with Gasteiger partial charge in [0.05, 0.1) is 0 Å². The van der Waals surface area contributed by atoms with Crippen LogP contribution in [0, 0.1) is 13.8 Å². The van der Waals surface area contributed by atoms with Crippen molar-refractivity contribution in [3.8, 4) is 0 Å². The highest BCUT2D eigenvalue weighted by Crippen LogP contribution is 2.27. The maximum absolute atomic E-state index is 4.71. The van der Waals surface area contributed by atoms with Crippen molar-refractivity contribution in [3.63, 3.8) is 0 Å². The van der Waals surface area contributed by atoms with Crippen LogP contribution in [0.25, 0.3) is 0 Å². The standard InChI is InChI=1S/C18H25N3/c1-13-10-11-15(14(2)12-13)21(6)17-9-7-8-16(19-17)20-18(3,4)5/h7-12H,1-6H3,(H,19,20). The Morgan fingerprint density at radius 1 is 1.05 bits per heavy atom. The van der Waals surface area contributed by atoms with Gasteiger partial charge in [0.1, 0.15) is 11.6 Å². The first-order valence-electron chi connectivity index (χ1n) is 7.32. The second kappa shape index (κ2) is 5.76. The SMILES string of the molecule is Cc1ccc(N(C)c2cccc(NC(C)(C)C)n2)c(C)c1. The lowest BCUT2D eigenvalue weighted by Gasteiger charge is -2.24. The van der Waals surface area contributed by atoms with Gasteiger partial charge in [-0.2, -0.15) is 0 Å². The average molecular weight is 283 g/mol. The lowest BCUT2D eigenvalue weighted by atomic mass is 10.1. The van der Waals surface area contributed by atoms with Gasteiger partial charge in [-0.1, -0.05) is 23.8 Å². The first kappa shape index (κ1) is 15.4. The fourth-order valence-corrected chi connectivity index (χ4v) is 2.37. The van der Waals surface area contributed by atoms with Crippen LogP contribution in [0.2, 0.25) is 0 Å². The van der Waals surface area contributed by atoms with Crippen molar-refractivity contribution in [3.05, 3.63) is 47.5 Å². The molecule has 0 amide bonds. The van der Waals surface area contributed by atoms with Gasteiger partial charge in [0.2, 0.25) is 0 Å². The number of hydrogen-bond donors (Lipinski definition) is 1. The minimum absolute atomic E-state index is 0.00394. The molecule has 0 fully saturated rings. The second-order valence-electron chi connectivity index (χ2n) is 6.60. The monoisotopic (exact) mass is 283 g/mol. The van der Waals surface area contributed by atoms with Crippen molar-refractivity contribution in [2.24, 2.45) is 0 Å². The van der Waals surface area contributed by atoms with Crippen molar-refractivity contribution in [2.45, 2.75) is 40.2 Å². The molecule has 0 bridgehead atoms. The molecule has 1 N–H and O–H groups in total. The molecule has 0 spiro atoms. The van der Waals surface area contributed by atoms with Crippen molar-refractivity contribution in [1.82, 2.24) is 4.98 Å². The molecule has 1 aromatic heterocycles. The summed E-state index contributed by atoms with van der Waals surface area (Å²) in [5.74, 6) is 1.84. The van der Waals surface area contributed by atoms with Crippen molar-refractivity contribution in [1.29, 1.82) is 0 Å². The average Bonchev–Trinajstić information content (AvgIpc) is 2.36. The highest BCUT2D eigenvalue weighted by molar-refractivity contribution is 5.64. The van der Waals surface area contributed by atoms with Gasteiger partial charge < -0.3 is 10.2 Å². The van der Waals surface area contributed by atoms with E-state index in [0.717, 1.165) is 11.6 Å². The molecule has 3 nitrogen and oxygen atoms in total. The van der Waals surface area contributed by atoms with Gasteiger partial charge in [-0.05, 0) is 58.4 Å². The Labute approximate surface area is 128 Å². The van der Waals surface area contributed by atoms with E-state index in [0.29, 0.717) is 0 Å². The number of hydrogen-bond acceptors (Lipinski definition) is 3. The summed E-state index contributed by atoms with van der Waals surface area (Å²) >= 11 is 0. The van der Waals surface area contributed by atoms with E-state index in [-0.39, 0.29) is 5.54 Å².